The van der Waals surface area contributed by atoms with Crippen molar-refractivity contribution in [3.8, 4) is 16.9 Å². The molecule has 0 saturated carbocycles. The third kappa shape index (κ3) is 7.43. The van der Waals surface area contributed by atoms with E-state index in [9.17, 15) is 5.11 Å². The van der Waals surface area contributed by atoms with Gasteiger partial charge >= 0.3 is 0 Å². The van der Waals surface area contributed by atoms with E-state index in [1.165, 1.54) is 5.56 Å². The van der Waals surface area contributed by atoms with Gasteiger partial charge in [0.2, 0.25) is 0 Å². The van der Waals surface area contributed by atoms with Gasteiger partial charge in [0.05, 0.1) is 0 Å². The molecule has 0 aliphatic heterocycles. The molecule has 1 aromatic carbocycles. The van der Waals surface area contributed by atoms with Crippen molar-refractivity contribution in [3.05, 3.63) is 74.7 Å². The number of hydrogen-bond donors (Lipinski definition) is 1. The van der Waals surface area contributed by atoms with Gasteiger partial charge in [-0.1, -0.05) is 66.7 Å². The number of hydrogen-bond acceptors (Lipinski definition) is 3. The molecule has 0 unspecified atom stereocenters. The molecule has 5 heteroatoms. The zero-order valence-corrected chi connectivity index (χ0v) is 22.6. The highest BCUT2D eigenvalue weighted by Crippen LogP contribution is 2.33. The molecule has 3 rings (SSSR count). The summed E-state index contributed by atoms with van der Waals surface area (Å²) in [6.07, 6.45) is 1.06. The maximum atomic E-state index is 9.91. The molecule has 166 valence electrons. The van der Waals surface area contributed by atoms with Crippen molar-refractivity contribution in [1.29, 1.82) is 0 Å². The fourth-order valence-electron chi connectivity index (χ4n) is 2.89. The average molecular weight is 548 g/mol. The van der Waals surface area contributed by atoms with Crippen molar-refractivity contribution in [2.75, 3.05) is 0 Å². The Morgan fingerprint density at radius 1 is 0.774 bits per heavy atom. The molecule has 0 saturated heterocycles. The Morgan fingerprint density at radius 2 is 1.29 bits per heavy atom. The van der Waals surface area contributed by atoms with Gasteiger partial charge in [-0.25, -0.2) is 9.97 Å². The monoisotopic (exact) mass is 546 g/mol. The minimum absolute atomic E-state index is 0.0249. The van der Waals surface area contributed by atoms with Crippen LogP contribution >= 0.6 is 31.9 Å². The Bertz CT molecular complexity index is 1030. The topological polar surface area (TPSA) is 46.0 Å². The van der Waals surface area contributed by atoms with E-state index in [0.29, 0.717) is 0 Å². The Morgan fingerprint density at radius 3 is 1.81 bits per heavy atom. The van der Waals surface area contributed by atoms with E-state index in [0.717, 1.165) is 38.1 Å². The second-order valence-electron chi connectivity index (χ2n) is 9.62. The first-order chi connectivity index (χ1) is 14.3. The number of halogens is 2. The minimum Gasteiger partial charge on any atom is -0.507 e. The van der Waals surface area contributed by atoms with Crippen LogP contribution in [0.5, 0.6) is 5.75 Å². The van der Waals surface area contributed by atoms with E-state index in [1.54, 1.807) is 6.07 Å². The van der Waals surface area contributed by atoms with Crippen LogP contribution in [0, 0.1) is 0 Å². The first kappa shape index (κ1) is 25.5. The summed E-state index contributed by atoms with van der Waals surface area (Å²) in [4.78, 5) is 8.97. The number of aromatic hydroxyl groups is 1. The molecule has 2 heterocycles. The second-order valence-corrected chi connectivity index (χ2v) is 11.2. The number of aryl methyl sites for hydroxylation is 1. The van der Waals surface area contributed by atoms with E-state index >= 15 is 0 Å². The first-order valence-electron chi connectivity index (χ1n) is 10.4. The second kappa shape index (κ2) is 10.3. The lowest BCUT2D eigenvalue weighted by atomic mass is 9.90. The molecule has 0 spiro atoms. The van der Waals surface area contributed by atoms with Gasteiger partial charge in [-0.05, 0) is 79.7 Å². The largest absolute Gasteiger partial charge is 0.507 e. The minimum atomic E-state index is -0.0249. The summed E-state index contributed by atoms with van der Waals surface area (Å²) in [6.45, 7) is 15.1. The molecule has 31 heavy (non-hydrogen) atoms. The number of rotatable bonds is 2. The molecule has 0 atom stereocenters. The standard InChI is InChI=1S/C15H16BrNO.C11H16BrN/c1-15(2,3)13-8-10(9-14(16)17-13)11-6-4-5-7-12(11)18;1-5-8-6-9(11(2,3)4)13-10(12)7-8/h4-9,18H,1-3H3;6-7H,5H2,1-4H3. The fourth-order valence-corrected chi connectivity index (χ4v) is 3.82. The van der Waals surface area contributed by atoms with Crippen LogP contribution in [-0.4, -0.2) is 15.1 Å². The molecular weight excluding hydrogens is 516 g/mol. The van der Waals surface area contributed by atoms with Crippen molar-refractivity contribution < 1.29 is 5.11 Å². The number of para-hydroxylation sites is 1. The van der Waals surface area contributed by atoms with Gasteiger partial charge in [0.15, 0.2) is 0 Å². The van der Waals surface area contributed by atoms with Crippen molar-refractivity contribution >= 4 is 31.9 Å². The molecular formula is C26H32Br2N2O. The number of nitrogens with zero attached hydrogens (tertiary/aromatic N) is 2. The molecule has 1 N–H and O–H groups in total. The zero-order valence-electron chi connectivity index (χ0n) is 19.4. The zero-order chi connectivity index (χ0) is 23.4. The third-order valence-corrected chi connectivity index (χ3v) is 5.62. The number of benzene rings is 1. The normalized spacial score (nSPS) is 11.6. The molecule has 0 aliphatic carbocycles. The van der Waals surface area contributed by atoms with Crippen LogP contribution in [0.3, 0.4) is 0 Å². The van der Waals surface area contributed by atoms with Gasteiger partial charge in [-0.3, -0.25) is 0 Å². The van der Waals surface area contributed by atoms with Crippen LogP contribution < -0.4 is 0 Å². The van der Waals surface area contributed by atoms with Gasteiger partial charge in [0.25, 0.3) is 0 Å². The summed E-state index contributed by atoms with van der Waals surface area (Å²) < 4.78 is 1.73. The summed E-state index contributed by atoms with van der Waals surface area (Å²) in [6, 6.07) is 15.5. The van der Waals surface area contributed by atoms with E-state index < -0.39 is 0 Å². The molecule has 0 radical (unpaired) electrons. The number of aromatic nitrogens is 2. The summed E-state index contributed by atoms with van der Waals surface area (Å²) in [5, 5.41) is 9.91. The lowest BCUT2D eigenvalue weighted by Crippen LogP contribution is -2.14. The molecule has 0 bridgehead atoms. The summed E-state index contributed by atoms with van der Waals surface area (Å²) >= 11 is 6.87. The maximum absolute atomic E-state index is 9.91. The predicted octanol–water partition coefficient (Wildman–Crippen LogP) is 8.22. The number of phenolic OH excluding ortho intramolecular Hbond substituents is 1. The Kier molecular flexibility index (Phi) is 8.46. The quantitative estimate of drug-likeness (QED) is 0.329. The van der Waals surface area contributed by atoms with E-state index in [-0.39, 0.29) is 16.6 Å². The van der Waals surface area contributed by atoms with Crippen molar-refractivity contribution in [2.45, 2.75) is 65.7 Å². The Hall–Kier alpha value is -1.72. The van der Waals surface area contributed by atoms with Gasteiger partial charge in [0.1, 0.15) is 15.0 Å². The van der Waals surface area contributed by atoms with Crippen LogP contribution in [0.15, 0.2) is 57.7 Å². The van der Waals surface area contributed by atoms with Crippen LogP contribution in [0.1, 0.15) is 65.4 Å². The lowest BCUT2D eigenvalue weighted by molar-refractivity contribution is 0.477. The van der Waals surface area contributed by atoms with Crippen LogP contribution in [0.25, 0.3) is 11.1 Å². The first-order valence-corrected chi connectivity index (χ1v) is 12.0. The van der Waals surface area contributed by atoms with Crippen LogP contribution in [0.2, 0.25) is 0 Å². The van der Waals surface area contributed by atoms with Gasteiger partial charge in [-0.2, -0.15) is 0 Å². The van der Waals surface area contributed by atoms with Crippen molar-refractivity contribution in [3.63, 3.8) is 0 Å². The highest BCUT2D eigenvalue weighted by Gasteiger charge is 2.18. The van der Waals surface area contributed by atoms with Crippen molar-refractivity contribution in [2.24, 2.45) is 0 Å². The number of phenols is 1. The SMILES string of the molecule is CC(C)(C)c1cc(-c2ccccc2O)cc(Br)n1.CCc1cc(Br)nc(C(C)(C)C)c1. The molecule has 3 aromatic rings. The van der Waals surface area contributed by atoms with Crippen LogP contribution in [-0.2, 0) is 17.3 Å². The molecule has 0 fully saturated rings. The Labute approximate surface area is 203 Å². The van der Waals surface area contributed by atoms with Gasteiger partial charge in [-0.15, -0.1) is 0 Å². The molecule has 0 amide bonds. The smallest absolute Gasteiger partial charge is 0.123 e. The highest BCUT2D eigenvalue weighted by molar-refractivity contribution is 9.10. The summed E-state index contributed by atoms with van der Waals surface area (Å²) in [5.74, 6) is 0.287. The van der Waals surface area contributed by atoms with Crippen LogP contribution in [0.4, 0.5) is 0 Å². The van der Waals surface area contributed by atoms with E-state index in [4.69, 9.17) is 0 Å². The third-order valence-electron chi connectivity index (χ3n) is 4.81. The van der Waals surface area contributed by atoms with E-state index in [2.05, 4.69) is 102 Å². The predicted molar refractivity (Wildman–Crippen MR) is 138 cm³/mol. The highest BCUT2D eigenvalue weighted by atomic mass is 79.9. The van der Waals surface area contributed by atoms with Crippen molar-refractivity contribution in [1.82, 2.24) is 9.97 Å². The number of pyridine rings is 2. The molecule has 3 nitrogen and oxygen atoms in total. The fraction of sp³-hybridized carbons (Fsp3) is 0.385. The molecule has 0 aliphatic rings. The maximum Gasteiger partial charge on any atom is 0.123 e. The Balaban J connectivity index is 0.000000233. The van der Waals surface area contributed by atoms with E-state index in [1.807, 2.05) is 30.3 Å². The van der Waals surface area contributed by atoms with Gasteiger partial charge < -0.3 is 5.11 Å². The summed E-state index contributed by atoms with van der Waals surface area (Å²) in [7, 11) is 0. The summed E-state index contributed by atoms with van der Waals surface area (Å²) in [5.41, 5.74) is 5.39. The molecule has 2 aromatic heterocycles. The average Bonchev–Trinajstić information content (AvgIpc) is 2.66. The lowest BCUT2D eigenvalue weighted by Gasteiger charge is -2.19. The van der Waals surface area contributed by atoms with Gasteiger partial charge in [0, 0.05) is 27.8 Å².